The van der Waals surface area contributed by atoms with E-state index in [2.05, 4.69) is 44.0 Å². The Hall–Kier alpha value is -2.29. The van der Waals surface area contributed by atoms with Gasteiger partial charge in [0.15, 0.2) is 0 Å². The van der Waals surface area contributed by atoms with Crippen molar-refractivity contribution in [3.05, 3.63) is 9.93 Å². The predicted molar refractivity (Wildman–Crippen MR) is 109 cm³/mol. The highest BCUT2D eigenvalue weighted by molar-refractivity contribution is 5.66. The van der Waals surface area contributed by atoms with Gasteiger partial charge in [0, 0.05) is 29.4 Å². The van der Waals surface area contributed by atoms with Crippen molar-refractivity contribution in [2.75, 3.05) is 7.11 Å². The lowest BCUT2D eigenvalue weighted by molar-refractivity contribution is -0.201. The van der Waals surface area contributed by atoms with E-state index in [1.807, 2.05) is 27.7 Å². The Morgan fingerprint density at radius 3 is 1.54 bits per heavy atom. The molecule has 5 nitrogen and oxygen atoms in total. The van der Waals surface area contributed by atoms with E-state index < -0.39 is 5.60 Å². The fourth-order valence-corrected chi connectivity index (χ4v) is 2.35. The zero-order valence-electron chi connectivity index (χ0n) is 17.9. The first-order valence-electron chi connectivity index (χ1n) is 8.03. The maximum atomic E-state index is 11.2. The Balaban J connectivity index is -0.000000200. The van der Waals surface area contributed by atoms with Crippen LogP contribution < -0.4 is 0 Å². The maximum absolute atomic E-state index is 11.2. The molecule has 148 valence electrons. The highest BCUT2D eigenvalue weighted by Crippen LogP contribution is 2.47. The monoisotopic (exact) mass is 366 g/mol. The van der Waals surface area contributed by atoms with E-state index in [1.165, 1.54) is 6.92 Å². The number of esters is 1. The first-order chi connectivity index (χ1) is 11.9. The number of hydrogen-bond donors (Lipinski definition) is 0. The second-order valence-corrected chi connectivity index (χ2v) is 6.31. The lowest BCUT2D eigenvalue weighted by Crippen LogP contribution is -2.57. The van der Waals surface area contributed by atoms with Crippen molar-refractivity contribution in [3.63, 3.8) is 0 Å². The van der Waals surface area contributed by atoms with Crippen LogP contribution in [0.15, 0.2) is 0 Å². The average Bonchev–Trinajstić information content (AvgIpc) is 2.56. The zero-order chi connectivity index (χ0) is 22.0. The molecule has 0 aliphatic heterocycles. The highest BCUT2D eigenvalue weighted by Gasteiger charge is 2.52. The summed E-state index contributed by atoms with van der Waals surface area (Å²) in [4.78, 5) is 25.2. The van der Waals surface area contributed by atoms with Gasteiger partial charge in [-0.3, -0.25) is 4.79 Å². The van der Waals surface area contributed by atoms with E-state index in [0.717, 1.165) is 6.42 Å². The van der Waals surface area contributed by atoms with Gasteiger partial charge >= 0.3 is 5.97 Å². The summed E-state index contributed by atoms with van der Waals surface area (Å²) in [6, 6.07) is 0. The molecule has 0 aromatic carbocycles. The topological polar surface area (TPSA) is 69.7 Å². The molecule has 26 heavy (non-hydrogen) atoms. The van der Waals surface area contributed by atoms with Crippen molar-refractivity contribution in [1.29, 1.82) is 0 Å². The number of carbonyl (C=O) groups is 1. The molecule has 0 aliphatic rings. The third-order valence-electron chi connectivity index (χ3n) is 4.47. The second kappa shape index (κ2) is 16.2. The molecule has 0 saturated carbocycles. The highest BCUT2D eigenvalue weighted by atomic mass is 16.7. The van der Waals surface area contributed by atoms with Crippen molar-refractivity contribution < 1.29 is 14.3 Å². The molecule has 0 aromatic rings. The van der Waals surface area contributed by atoms with Crippen LogP contribution in [0, 0.1) is 51.9 Å². The molecule has 0 N–H and O–H groups in total. The molecular weight excluding hydrogens is 332 g/mol. The number of terminal acetylenes is 2. The van der Waals surface area contributed by atoms with Gasteiger partial charge in [0.05, 0.1) is 5.60 Å². The van der Waals surface area contributed by atoms with Crippen molar-refractivity contribution >= 4 is 5.97 Å². The molecule has 1 unspecified atom stereocenters. The van der Waals surface area contributed by atoms with E-state index in [-0.39, 0.29) is 17.0 Å². The Labute approximate surface area is 159 Å². The molecule has 0 spiro atoms. The number of rotatable bonds is 5. The van der Waals surface area contributed by atoms with Crippen molar-refractivity contribution in [2.45, 2.75) is 79.9 Å². The van der Waals surface area contributed by atoms with Crippen LogP contribution in [0.25, 0.3) is 0 Å². The summed E-state index contributed by atoms with van der Waals surface area (Å²) < 4.78 is 11.0. The number of hydrogen-bond acceptors (Lipinski definition) is 5. The van der Waals surface area contributed by atoms with Crippen LogP contribution in [-0.2, 0) is 14.3 Å². The van der Waals surface area contributed by atoms with Gasteiger partial charge in [-0.25, -0.2) is 0 Å². The van der Waals surface area contributed by atoms with Gasteiger partial charge in [-0.2, -0.15) is 0 Å². The van der Waals surface area contributed by atoms with Gasteiger partial charge < -0.3 is 9.47 Å². The van der Waals surface area contributed by atoms with Crippen LogP contribution in [0.1, 0.15) is 68.7 Å². The predicted octanol–water partition coefficient (Wildman–Crippen LogP) is 4.52. The Bertz CT molecular complexity index is 523. The fraction of sp³-hybridized carbons (Fsp3) is 0.667. The molecule has 0 radical (unpaired) electrons. The lowest BCUT2D eigenvalue weighted by Gasteiger charge is -2.51. The summed E-state index contributed by atoms with van der Waals surface area (Å²) in [6.45, 7) is 16.9. The van der Waals surface area contributed by atoms with Gasteiger partial charge in [0.25, 0.3) is 0 Å². The molecule has 5 heteroatoms. The molecule has 0 bridgehead atoms. The van der Waals surface area contributed by atoms with Crippen LogP contribution in [-0.4, -0.2) is 24.3 Å². The minimum absolute atomic E-state index is 0.250. The van der Waals surface area contributed by atoms with Crippen molar-refractivity contribution in [1.82, 2.24) is 0 Å². The summed E-state index contributed by atoms with van der Waals surface area (Å²) >= 11 is 0. The molecule has 1 atom stereocenters. The Kier molecular flexibility index (Phi) is 19.6. The van der Waals surface area contributed by atoms with E-state index in [9.17, 15) is 4.79 Å². The quantitative estimate of drug-likeness (QED) is 0.528. The molecule has 0 fully saturated rings. The standard InChI is InChI=1S/C13H26O3.C5H4.C3H4.O2/c1-9-13(7,11(3,4)15-8)12(5,6)16-10(2)14;1-3-5-4-2;1-3-2;1-2/h9H2,1-8H3;1H,2H3;1H,2H3;. The fourth-order valence-electron chi connectivity index (χ4n) is 2.35. The maximum Gasteiger partial charge on any atom is 0.303 e. The van der Waals surface area contributed by atoms with Gasteiger partial charge in [-0.05, 0) is 59.8 Å². The number of methoxy groups -OCH3 is 1. The number of ether oxygens (including phenoxy) is 2. The van der Waals surface area contributed by atoms with Crippen molar-refractivity contribution in [3.8, 4) is 36.5 Å². The van der Waals surface area contributed by atoms with E-state index in [4.69, 9.17) is 25.8 Å². The van der Waals surface area contributed by atoms with Crippen LogP contribution in [0.3, 0.4) is 0 Å². The summed E-state index contributed by atoms with van der Waals surface area (Å²) in [5, 5.41) is 0. The van der Waals surface area contributed by atoms with Crippen molar-refractivity contribution in [2.24, 2.45) is 5.41 Å². The minimum atomic E-state index is -0.562. The SMILES string of the molecule is C#CC.C#CC#CC.CCC(C)(C(C)(C)OC)C(C)(C)OC(C)=O.O=O. The molecule has 0 heterocycles. The van der Waals surface area contributed by atoms with Crippen LogP contribution in [0.2, 0.25) is 0 Å². The Morgan fingerprint density at radius 2 is 1.38 bits per heavy atom. The van der Waals surface area contributed by atoms with Gasteiger partial charge in [0.2, 0.25) is 0 Å². The van der Waals surface area contributed by atoms with Crippen LogP contribution in [0.4, 0.5) is 0 Å². The normalized spacial score (nSPS) is 11.4. The average molecular weight is 366 g/mol. The second-order valence-electron chi connectivity index (χ2n) is 6.31. The molecule has 0 saturated heterocycles. The largest absolute Gasteiger partial charge is 0.459 e. The smallest absolute Gasteiger partial charge is 0.303 e. The van der Waals surface area contributed by atoms with E-state index >= 15 is 0 Å². The summed E-state index contributed by atoms with van der Waals surface area (Å²) in [5.74, 6) is 9.07. The minimum Gasteiger partial charge on any atom is -0.459 e. The molecular formula is C21H34O5. The van der Waals surface area contributed by atoms with Gasteiger partial charge in [0.1, 0.15) is 5.60 Å². The zero-order valence-corrected chi connectivity index (χ0v) is 17.9. The van der Waals surface area contributed by atoms with E-state index in [0.29, 0.717) is 0 Å². The lowest BCUT2D eigenvalue weighted by atomic mass is 9.63. The summed E-state index contributed by atoms with van der Waals surface area (Å²) in [6.07, 6.45) is 10.2. The first-order valence-corrected chi connectivity index (χ1v) is 8.03. The number of carbonyl (C=O) groups excluding carboxylic acids is 1. The molecule has 0 amide bonds. The third kappa shape index (κ3) is 11.3. The van der Waals surface area contributed by atoms with E-state index in [1.54, 1.807) is 21.0 Å². The summed E-state index contributed by atoms with van der Waals surface area (Å²) in [7, 11) is 1.69. The first kappa shape index (κ1) is 31.5. The third-order valence-corrected chi connectivity index (χ3v) is 4.47. The van der Waals surface area contributed by atoms with Gasteiger partial charge in [-0.15, -0.1) is 18.8 Å². The van der Waals surface area contributed by atoms with Crippen LogP contribution >= 0.6 is 0 Å². The molecule has 0 aromatic heterocycles. The molecule has 0 rings (SSSR count). The van der Waals surface area contributed by atoms with Gasteiger partial charge in [-0.1, -0.05) is 19.8 Å². The Morgan fingerprint density at radius 1 is 1.00 bits per heavy atom. The van der Waals surface area contributed by atoms with Crippen LogP contribution in [0.5, 0.6) is 0 Å². The summed E-state index contributed by atoms with van der Waals surface area (Å²) in [5.41, 5.74) is -1.17. The molecule has 0 aliphatic carbocycles.